The molecule has 0 aromatic heterocycles. The summed E-state index contributed by atoms with van der Waals surface area (Å²) in [6.07, 6.45) is 3.27. The summed E-state index contributed by atoms with van der Waals surface area (Å²) in [6.45, 7) is 1.45. The zero-order chi connectivity index (χ0) is 16.2. The number of thiocarbonyl (C=S) groups is 1. The normalized spacial score (nSPS) is 9.91. The molecule has 22 heavy (non-hydrogen) atoms. The Hall–Kier alpha value is -1.82. The number of nitrogens with one attached hydrogen (secondary N) is 2. The molecule has 0 saturated carbocycles. The van der Waals surface area contributed by atoms with Crippen LogP contribution in [-0.2, 0) is 16.1 Å². The Morgan fingerprint density at radius 2 is 2.00 bits per heavy atom. The van der Waals surface area contributed by atoms with Crippen LogP contribution in [0.3, 0.4) is 0 Å². The van der Waals surface area contributed by atoms with E-state index < -0.39 is 0 Å². The van der Waals surface area contributed by atoms with E-state index in [0.29, 0.717) is 18.1 Å². The van der Waals surface area contributed by atoms with Crippen LogP contribution in [0, 0.1) is 0 Å². The van der Waals surface area contributed by atoms with E-state index in [1.165, 1.54) is 7.11 Å². The Kier molecular flexibility index (Phi) is 8.98. The molecule has 5 nitrogen and oxygen atoms in total. The Morgan fingerprint density at radius 1 is 1.18 bits per heavy atom. The highest BCUT2D eigenvalue weighted by molar-refractivity contribution is 7.80. The van der Waals surface area contributed by atoms with Gasteiger partial charge in [-0.05, 0) is 42.8 Å². The molecule has 0 saturated heterocycles. The van der Waals surface area contributed by atoms with Gasteiger partial charge in [0, 0.05) is 19.5 Å². The summed E-state index contributed by atoms with van der Waals surface area (Å²) in [5, 5.41) is 6.95. The topological polar surface area (TPSA) is 59.6 Å². The molecule has 0 amide bonds. The predicted molar refractivity (Wildman–Crippen MR) is 90.9 cm³/mol. The van der Waals surface area contributed by atoms with Crippen LogP contribution >= 0.6 is 12.2 Å². The number of esters is 1. The van der Waals surface area contributed by atoms with E-state index in [0.717, 1.165) is 37.1 Å². The van der Waals surface area contributed by atoms with Gasteiger partial charge in [0.05, 0.1) is 14.2 Å². The van der Waals surface area contributed by atoms with Crippen LogP contribution in [0.2, 0.25) is 0 Å². The SMILES string of the molecule is COC(=O)CCCCCNC(=S)NCc1cccc(OC)c1. The van der Waals surface area contributed by atoms with Crippen molar-refractivity contribution in [2.45, 2.75) is 32.2 Å². The van der Waals surface area contributed by atoms with E-state index in [2.05, 4.69) is 15.4 Å². The fourth-order valence-electron chi connectivity index (χ4n) is 1.90. The maximum absolute atomic E-state index is 10.9. The van der Waals surface area contributed by atoms with E-state index in [-0.39, 0.29) is 5.97 Å². The van der Waals surface area contributed by atoms with Crippen LogP contribution in [0.25, 0.3) is 0 Å². The Balaban J connectivity index is 2.09. The number of ether oxygens (including phenoxy) is 2. The van der Waals surface area contributed by atoms with Crippen LogP contribution in [0.15, 0.2) is 24.3 Å². The fraction of sp³-hybridized carbons (Fsp3) is 0.500. The lowest BCUT2D eigenvalue weighted by Crippen LogP contribution is -2.35. The summed E-state index contributed by atoms with van der Waals surface area (Å²) in [4.78, 5) is 10.9. The lowest BCUT2D eigenvalue weighted by molar-refractivity contribution is -0.140. The van der Waals surface area contributed by atoms with Gasteiger partial charge in [-0.25, -0.2) is 0 Å². The zero-order valence-corrected chi connectivity index (χ0v) is 14.0. The molecule has 6 heteroatoms. The molecular weight excluding hydrogens is 300 g/mol. The molecule has 1 aromatic carbocycles. The van der Waals surface area contributed by atoms with Crippen molar-refractivity contribution in [2.24, 2.45) is 0 Å². The second-order valence-corrected chi connectivity index (χ2v) is 5.26. The standard InChI is InChI=1S/C16H24N2O3S/c1-20-14-8-6-7-13(11-14)12-18-16(22)17-10-5-3-4-9-15(19)21-2/h6-8,11H,3-5,9-10,12H2,1-2H3,(H2,17,18,22). The molecule has 1 rings (SSSR count). The number of methoxy groups -OCH3 is 2. The van der Waals surface area contributed by atoms with Gasteiger partial charge in [0.15, 0.2) is 5.11 Å². The number of rotatable bonds is 9. The molecule has 0 heterocycles. The minimum atomic E-state index is -0.150. The molecule has 0 aliphatic rings. The smallest absolute Gasteiger partial charge is 0.305 e. The first-order chi connectivity index (χ1) is 10.7. The van der Waals surface area contributed by atoms with Crippen molar-refractivity contribution in [2.75, 3.05) is 20.8 Å². The van der Waals surface area contributed by atoms with Crippen LogP contribution in [0.4, 0.5) is 0 Å². The summed E-state index contributed by atoms with van der Waals surface area (Å²) in [5.41, 5.74) is 1.11. The first kappa shape index (κ1) is 18.2. The molecule has 0 atom stereocenters. The predicted octanol–water partition coefficient (Wildman–Crippen LogP) is 2.39. The average molecular weight is 324 g/mol. The third kappa shape index (κ3) is 7.83. The third-order valence-corrected chi connectivity index (χ3v) is 3.45. The summed E-state index contributed by atoms with van der Waals surface area (Å²) < 4.78 is 9.77. The van der Waals surface area contributed by atoms with Gasteiger partial charge < -0.3 is 20.1 Å². The zero-order valence-electron chi connectivity index (χ0n) is 13.2. The largest absolute Gasteiger partial charge is 0.497 e. The molecule has 1 aromatic rings. The molecule has 0 spiro atoms. The van der Waals surface area contributed by atoms with E-state index >= 15 is 0 Å². The highest BCUT2D eigenvalue weighted by atomic mass is 32.1. The van der Waals surface area contributed by atoms with Gasteiger partial charge in [-0.15, -0.1) is 0 Å². The van der Waals surface area contributed by atoms with E-state index in [1.807, 2.05) is 24.3 Å². The molecule has 0 aliphatic carbocycles. The van der Waals surface area contributed by atoms with Crippen molar-refractivity contribution in [1.29, 1.82) is 0 Å². The highest BCUT2D eigenvalue weighted by Crippen LogP contribution is 2.12. The molecule has 0 unspecified atom stereocenters. The quantitative estimate of drug-likeness (QED) is 0.413. The number of hydrogen-bond acceptors (Lipinski definition) is 4. The van der Waals surface area contributed by atoms with Crippen LogP contribution < -0.4 is 15.4 Å². The molecular formula is C16H24N2O3S. The van der Waals surface area contributed by atoms with Gasteiger partial charge in [0.2, 0.25) is 0 Å². The van der Waals surface area contributed by atoms with E-state index in [4.69, 9.17) is 17.0 Å². The second-order valence-electron chi connectivity index (χ2n) is 4.85. The lowest BCUT2D eigenvalue weighted by atomic mass is 10.2. The summed E-state index contributed by atoms with van der Waals surface area (Å²) in [6, 6.07) is 7.86. The summed E-state index contributed by atoms with van der Waals surface area (Å²) >= 11 is 5.23. The first-order valence-electron chi connectivity index (χ1n) is 7.37. The Labute approximate surface area is 137 Å². The number of carbonyl (C=O) groups is 1. The van der Waals surface area contributed by atoms with Crippen molar-refractivity contribution in [3.8, 4) is 5.75 Å². The van der Waals surface area contributed by atoms with Crippen molar-refractivity contribution in [1.82, 2.24) is 10.6 Å². The Morgan fingerprint density at radius 3 is 2.73 bits per heavy atom. The molecule has 2 N–H and O–H groups in total. The van der Waals surface area contributed by atoms with Gasteiger partial charge in [-0.3, -0.25) is 4.79 Å². The van der Waals surface area contributed by atoms with Gasteiger partial charge in [0.25, 0.3) is 0 Å². The molecule has 0 aliphatic heterocycles. The van der Waals surface area contributed by atoms with E-state index in [1.54, 1.807) is 7.11 Å². The highest BCUT2D eigenvalue weighted by Gasteiger charge is 2.00. The van der Waals surface area contributed by atoms with E-state index in [9.17, 15) is 4.79 Å². The van der Waals surface area contributed by atoms with Crippen LogP contribution in [0.1, 0.15) is 31.2 Å². The first-order valence-corrected chi connectivity index (χ1v) is 7.78. The van der Waals surface area contributed by atoms with Crippen LogP contribution in [-0.4, -0.2) is 31.8 Å². The lowest BCUT2D eigenvalue weighted by Gasteiger charge is -2.11. The number of benzene rings is 1. The number of carbonyl (C=O) groups excluding carboxylic acids is 1. The monoisotopic (exact) mass is 324 g/mol. The minimum absolute atomic E-state index is 0.150. The van der Waals surface area contributed by atoms with Crippen molar-refractivity contribution < 1.29 is 14.3 Å². The average Bonchev–Trinajstić information content (AvgIpc) is 2.55. The van der Waals surface area contributed by atoms with Crippen LogP contribution in [0.5, 0.6) is 5.75 Å². The van der Waals surface area contributed by atoms with Gasteiger partial charge in [-0.1, -0.05) is 18.6 Å². The molecule has 0 fully saturated rings. The van der Waals surface area contributed by atoms with Gasteiger partial charge in [0.1, 0.15) is 5.75 Å². The van der Waals surface area contributed by atoms with Crippen molar-refractivity contribution in [3.63, 3.8) is 0 Å². The summed E-state index contributed by atoms with van der Waals surface area (Å²) in [5.74, 6) is 0.687. The number of unbranched alkanes of at least 4 members (excludes halogenated alkanes) is 2. The molecule has 0 bridgehead atoms. The summed E-state index contributed by atoms with van der Waals surface area (Å²) in [7, 11) is 3.06. The van der Waals surface area contributed by atoms with Crippen molar-refractivity contribution >= 4 is 23.3 Å². The van der Waals surface area contributed by atoms with Gasteiger partial charge >= 0.3 is 5.97 Å². The van der Waals surface area contributed by atoms with Crippen molar-refractivity contribution in [3.05, 3.63) is 29.8 Å². The second kappa shape index (κ2) is 10.8. The number of hydrogen-bond donors (Lipinski definition) is 2. The maximum Gasteiger partial charge on any atom is 0.305 e. The maximum atomic E-state index is 10.9. The molecule has 0 radical (unpaired) electrons. The molecule has 122 valence electrons. The van der Waals surface area contributed by atoms with Gasteiger partial charge in [-0.2, -0.15) is 0 Å². The fourth-order valence-corrected chi connectivity index (χ4v) is 2.08. The minimum Gasteiger partial charge on any atom is -0.497 e. The third-order valence-electron chi connectivity index (χ3n) is 3.16. The Bertz CT molecular complexity index is 480.